The quantitative estimate of drug-likeness (QED) is 0.0341. The van der Waals surface area contributed by atoms with Crippen molar-refractivity contribution in [3.8, 4) is 0 Å². The molecule has 256 valence electrons. The minimum atomic E-state index is -0.938. The van der Waals surface area contributed by atoms with E-state index in [1.807, 2.05) is 27.7 Å². The van der Waals surface area contributed by atoms with E-state index >= 15 is 0 Å². The van der Waals surface area contributed by atoms with Crippen molar-refractivity contribution in [2.45, 2.75) is 97.6 Å². The van der Waals surface area contributed by atoms with Gasteiger partial charge in [0, 0.05) is 19.6 Å². The number of amides is 4. The number of primary amides is 1. The van der Waals surface area contributed by atoms with Gasteiger partial charge in [0.05, 0.1) is 24.5 Å². The van der Waals surface area contributed by atoms with Gasteiger partial charge in [-0.1, -0.05) is 40.5 Å². The average molecular weight is 628 g/mol. The van der Waals surface area contributed by atoms with Gasteiger partial charge in [-0.05, 0) is 69.9 Å². The molecule has 0 radical (unpaired) electrons. The van der Waals surface area contributed by atoms with Gasteiger partial charge in [0.1, 0.15) is 6.04 Å². The van der Waals surface area contributed by atoms with Crippen LogP contribution in [-0.4, -0.2) is 86.1 Å². The van der Waals surface area contributed by atoms with E-state index in [-0.39, 0.29) is 35.5 Å². The van der Waals surface area contributed by atoms with Crippen molar-refractivity contribution in [1.29, 1.82) is 5.41 Å². The van der Waals surface area contributed by atoms with Gasteiger partial charge >= 0.3 is 0 Å². The zero-order chi connectivity index (χ0) is 33.5. The van der Waals surface area contributed by atoms with Crippen LogP contribution in [0.3, 0.4) is 0 Å². The van der Waals surface area contributed by atoms with E-state index in [4.69, 9.17) is 22.6 Å². The molecule has 4 atom stereocenters. The van der Waals surface area contributed by atoms with Crippen molar-refractivity contribution in [3.05, 3.63) is 0 Å². The molecular formula is C30H61N9O5. The molecule has 14 heteroatoms. The predicted octanol–water partition coefficient (Wildman–Crippen LogP) is -0.364. The summed E-state index contributed by atoms with van der Waals surface area (Å²) in [5, 5.41) is 31.4. The summed E-state index contributed by atoms with van der Waals surface area (Å²) in [7, 11) is 0. The van der Waals surface area contributed by atoms with Crippen LogP contribution in [0, 0.1) is 29.1 Å². The second kappa shape index (κ2) is 24.4. The number of unbranched alkanes of at least 4 members (excludes halogenated alkanes) is 3. The van der Waals surface area contributed by atoms with Crippen molar-refractivity contribution in [3.63, 3.8) is 0 Å². The van der Waals surface area contributed by atoms with E-state index in [9.17, 15) is 24.3 Å². The Morgan fingerprint density at radius 1 is 0.682 bits per heavy atom. The Balaban J connectivity index is 4.33. The van der Waals surface area contributed by atoms with E-state index < -0.39 is 36.4 Å². The highest BCUT2D eigenvalue weighted by atomic mass is 16.3. The highest BCUT2D eigenvalue weighted by Gasteiger charge is 2.31. The summed E-state index contributed by atoms with van der Waals surface area (Å²) in [4.78, 5) is 49.8. The molecular weight excluding hydrogens is 566 g/mol. The number of rotatable bonds is 26. The van der Waals surface area contributed by atoms with Gasteiger partial charge in [0.25, 0.3) is 0 Å². The Kier molecular flexibility index (Phi) is 22.7. The number of nitrogens with two attached hydrogens (primary N) is 3. The molecule has 14 nitrogen and oxygen atoms in total. The Hall–Kier alpha value is -2.97. The van der Waals surface area contributed by atoms with Gasteiger partial charge in [-0.15, -0.1) is 0 Å². The summed E-state index contributed by atoms with van der Waals surface area (Å²) in [6.07, 6.45) is 6.00. The molecule has 0 spiro atoms. The summed E-state index contributed by atoms with van der Waals surface area (Å²) in [5.41, 5.74) is 16.7. The molecule has 0 aliphatic heterocycles. The molecule has 1 unspecified atom stereocenters. The first-order valence-corrected chi connectivity index (χ1v) is 16.1. The van der Waals surface area contributed by atoms with Crippen LogP contribution in [0.4, 0.5) is 0 Å². The van der Waals surface area contributed by atoms with Crippen molar-refractivity contribution in [2.75, 3.05) is 39.3 Å². The highest BCUT2D eigenvalue weighted by molar-refractivity contribution is 5.89. The van der Waals surface area contributed by atoms with E-state index in [1.165, 1.54) is 0 Å². The number of aliphatic hydroxyl groups is 1. The van der Waals surface area contributed by atoms with Crippen LogP contribution in [0.25, 0.3) is 0 Å². The highest BCUT2D eigenvalue weighted by Crippen LogP contribution is 2.20. The fraction of sp³-hybridized carbons (Fsp3) is 0.833. The van der Waals surface area contributed by atoms with Crippen molar-refractivity contribution in [1.82, 2.24) is 26.6 Å². The molecule has 0 bridgehead atoms. The number of guanidine groups is 1. The van der Waals surface area contributed by atoms with Crippen LogP contribution in [0.1, 0.15) is 85.5 Å². The molecule has 0 saturated heterocycles. The number of carbonyl (C=O) groups is 4. The predicted molar refractivity (Wildman–Crippen MR) is 173 cm³/mol. The fourth-order valence-corrected chi connectivity index (χ4v) is 4.81. The average Bonchev–Trinajstić information content (AvgIpc) is 2.93. The third-order valence-corrected chi connectivity index (χ3v) is 7.20. The lowest BCUT2D eigenvalue weighted by Crippen LogP contribution is -2.52. The zero-order valence-electron chi connectivity index (χ0n) is 27.4. The first-order valence-electron chi connectivity index (χ1n) is 16.1. The second-order valence-electron chi connectivity index (χ2n) is 12.3. The third-order valence-electron chi connectivity index (χ3n) is 7.20. The monoisotopic (exact) mass is 627 g/mol. The first-order chi connectivity index (χ1) is 20.8. The van der Waals surface area contributed by atoms with Crippen molar-refractivity contribution in [2.24, 2.45) is 40.9 Å². The van der Waals surface area contributed by atoms with Gasteiger partial charge in [-0.25, -0.2) is 0 Å². The molecule has 4 amide bonds. The maximum atomic E-state index is 12.8. The minimum absolute atomic E-state index is 0.0903. The SMILES string of the molecule is CC(C)C[C@H](NC(=O)[C@@H](N)CC(C)C)C(=O)NCCCNCCCCNC(=O)C(CCCCCNC(=N)N)[C@@H](CO)C(N)=O. The number of aliphatic hydroxyl groups excluding tert-OH is 1. The normalized spacial score (nSPS) is 14.0. The van der Waals surface area contributed by atoms with Gasteiger partial charge in [-0.2, -0.15) is 0 Å². The third kappa shape index (κ3) is 20.1. The van der Waals surface area contributed by atoms with E-state index in [1.54, 1.807) is 0 Å². The molecule has 0 aliphatic carbocycles. The van der Waals surface area contributed by atoms with Gasteiger partial charge < -0.3 is 48.9 Å². The van der Waals surface area contributed by atoms with Crippen molar-refractivity contribution >= 4 is 29.6 Å². The molecule has 0 rings (SSSR count). The molecule has 13 N–H and O–H groups in total. The van der Waals surface area contributed by atoms with E-state index in [0.717, 1.165) is 38.6 Å². The Bertz CT molecular complexity index is 857. The molecule has 0 saturated carbocycles. The van der Waals surface area contributed by atoms with Crippen molar-refractivity contribution < 1.29 is 24.3 Å². The standard InChI is InChI=1S/C30H61N9O5/c1-20(2)17-24(31)28(43)39-25(18-21(3)4)29(44)37-16-10-13-35-12-8-9-14-36-27(42)22(23(19-40)26(32)41)11-6-5-7-15-38-30(33)34/h20-25,35,40H,5-19,31H2,1-4H3,(H2,32,41)(H,36,42)(H,37,44)(H,39,43)(H4,33,34,38)/t22?,23-,24+,25+/m1/s1. The van der Waals surface area contributed by atoms with Gasteiger partial charge in [0.2, 0.25) is 23.6 Å². The van der Waals surface area contributed by atoms with E-state index in [2.05, 4.69) is 26.6 Å². The molecule has 0 aliphatic rings. The lowest BCUT2D eigenvalue weighted by molar-refractivity contribution is -0.135. The summed E-state index contributed by atoms with van der Waals surface area (Å²) in [5.74, 6) is -2.70. The molecule has 0 fully saturated rings. The second-order valence-corrected chi connectivity index (χ2v) is 12.3. The van der Waals surface area contributed by atoms with Gasteiger partial charge in [0.15, 0.2) is 5.96 Å². The lowest BCUT2D eigenvalue weighted by Gasteiger charge is -2.23. The largest absolute Gasteiger partial charge is 0.396 e. The summed E-state index contributed by atoms with van der Waals surface area (Å²) < 4.78 is 0. The van der Waals surface area contributed by atoms with Crippen LogP contribution in [-0.2, 0) is 19.2 Å². The number of nitrogens with one attached hydrogen (secondary N) is 6. The smallest absolute Gasteiger partial charge is 0.242 e. The summed E-state index contributed by atoms with van der Waals surface area (Å²) in [6, 6.07) is -1.25. The molecule has 0 heterocycles. The Morgan fingerprint density at radius 3 is 1.82 bits per heavy atom. The Labute approximate surface area is 263 Å². The molecule has 0 aromatic rings. The van der Waals surface area contributed by atoms with Crippen LogP contribution >= 0.6 is 0 Å². The van der Waals surface area contributed by atoms with Crippen LogP contribution in [0.15, 0.2) is 0 Å². The first kappa shape index (κ1) is 41.0. The zero-order valence-corrected chi connectivity index (χ0v) is 27.4. The molecule has 0 aromatic carbocycles. The fourth-order valence-electron chi connectivity index (χ4n) is 4.81. The van der Waals surface area contributed by atoms with E-state index in [0.29, 0.717) is 51.9 Å². The van der Waals surface area contributed by atoms with Crippen LogP contribution in [0.2, 0.25) is 0 Å². The number of hydrogen-bond acceptors (Lipinski definition) is 8. The summed E-state index contributed by atoms with van der Waals surface area (Å²) in [6.45, 7) is 10.4. The number of carbonyl (C=O) groups excluding carboxylic acids is 4. The van der Waals surface area contributed by atoms with Crippen LogP contribution < -0.4 is 43.8 Å². The molecule has 44 heavy (non-hydrogen) atoms. The molecule has 0 aromatic heterocycles. The topological polar surface area (TPSA) is 251 Å². The lowest BCUT2D eigenvalue weighted by atomic mass is 9.86. The maximum absolute atomic E-state index is 12.8. The maximum Gasteiger partial charge on any atom is 0.242 e. The Morgan fingerprint density at radius 2 is 1.23 bits per heavy atom. The van der Waals surface area contributed by atoms with Crippen LogP contribution in [0.5, 0.6) is 0 Å². The van der Waals surface area contributed by atoms with Gasteiger partial charge in [-0.3, -0.25) is 24.6 Å². The summed E-state index contributed by atoms with van der Waals surface area (Å²) >= 11 is 0. The number of hydrogen-bond donors (Lipinski definition) is 10. The minimum Gasteiger partial charge on any atom is -0.396 e.